The number of carboxylic acid groups (broad SMARTS) is 4. The van der Waals surface area contributed by atoms with Gasteiger partial charge in [0.25, 0.3) is 12.0 Å². The van der Waals surface area contributed by atoms with E-state index in [1.54, 1.807) is 73.7 Å². The van der Waals surface area contributed by atoms with Gasteiger partial charge >= 0.3 is 42.0 Å². The first-order valence-corrected chi connectivity index (χ1v) is 34.3. The van der Waals surface area contributed by atoms with Gasteiger partial charge in [0, 0.05) is 79.1 Å². The molecule has 0 fully saturated rings. The second kappa shape index (κ2) is 37.4. The Balaban J connectivity index is 0.885. The summed E-state index contributed by atoms with van der Waals surface area (Å²) in [6.45, 7) is 0.201. The van der Waals surface area contributed by atoms with Crippen LogP contribution in [0.3, 0.4) is 0 Å². The molecule has 8 atom stereocenters. The minimum Gasteiger partial charge on any atom is -0.481 e. The molecule has 0 radical (unpaired) electrons. The largest absolute Gasteiger partial charge is 0.509 e. The zero-order valence-corrected chi connectivity index (χ0v) is 56.1. The molecule has 2 aliphatic heterocycles. The molecule has 0 saturated heterocycles. The number of aromatic nitrogens is 2. The van der Waals surface area contributed by atoms with Crippen LogP contribution < -0.4 is 43.2 Å². The van der Waals surface area contributed by atoms with E-state index in [0.29, 0.717) is 28.0 Å². The van der Waals surface area contributed by atoms with Crippen LogP contribution in [0.4, 0.5) is 9.59 Å². The number of benzene rings is 3. The van der Waals surface area contributed by atoms with E-state index in [0.717, 1.165) is 32.5 Å². The highest BCUT2D eigenvalue weighted by molar-refractivity contribution is 8.76. The number of cyclic esters (lactones) is 1. The van der Waals surface area contributed by atoms with Crippen molar-refractivity contribution in [2.75, 3.05) is 31.2 Å². The zero-order valence-electron chi connectivity index (χ0n) is 54.4. The average Bonchev–Trinajstić information content (AvgIpc) is 1.66. The number of carbonyl (C=O) groups is 14. The van der Waals surface area contributed by atoms with Crippen molar-refractivity contribution in [3.8, 4) is 11.4 Å². The van der Waals surface area contributed by atoms with E-state index in [9.17, 15) is 87.2 Å². The Morgan fingerprint density at radius 2 is 1.38 bits per heavy atom. The monoisotopic (exact) mass is 1440 g/mol. The summed E-state index contributed by atoms with van der Waals surface area (Å²) >= 11 is 0. The number of hydrogen-bond acceptors (Lipinski definition) is 23. The van der Waals surface area contributed by atoms with Crippen molar-refractivity contribution < 1.29 is 106 Å². The third-order valence-electron chi connectivity index (χ3n) is 16.3. The average molecular weight is 1440 g/mol. The number of fused-ring (bicyclic) bond motifs is 5. The normalized spacial score (nSPS) is 15.4. The molecule has 6 amide bonds. The summed E-state index contributed by atoms with van der Waals surface area (Å²) in [7, 11) is 2.02. The Morgan fingerprint density at radius 3 is 2.04 bits per heavy atom. The Morgan fingerprint density at radius 1 is 0.703 bits per heavy atom. The number of carboxylic acids is 4. The standard InChI is InChI=1S/C67H75N9O23S2/c1-2-67(44-30-50-58-41(27-39-15-9-10-16-46(39)72-58)33-76(50)61(88)43(44)34-97-64(67)93)99-66(95)96-23-24-100-101-35-42(62(89)90)29-52(79)49(31-57(84)85)73-60(87)45(68)32-70-59(86)40(25-37-11-5-3-6-12-37)28-51(78)48(26-38-13-7-4-8-14-38)71-54(81)21-22-69-53(80)18-17-47(63(91)92)74-65(94)75-55(98-36-77)19-20-56(82)83/h3-16,27,30,36,40,42,45,47-49,55H,2,17-26,28-29,31-35,68H2,1H3,(H,69,80)(H,70,86)(H,71,81)(H,73,87)(H,82,83)(H,84,85)(H,89,90)(H,91,92)(H2,74,75,94)/t40-,42?,45+,47+,48+,49+,55-,67+/m1/s1. The molecule has 3 aromatic carbocycles. The molecule has 0 spiro atoms. The highest BCUT2D eigenvalue weighted by Crippen LogP contribution is 2.41. The maximum Gasteiger partial charge on any atom is 0.509 e. The summed E-state index contributed by atoms with van der Waals surface area (Å²) < 4.78 is 22.6. The number of carbonyl (C=O) groups excluding carboxylic acids is 10. The highest BCUT2D eigenvalue weighted by atomic mass is 33.1. The number of para-hydroxylation sites is 1. The van der Waals surface area contributed by atoms with Gasteiger partial charge in [0.2, 0.25) is 29.2 Å². The second-order valence-electron chi connectivity index (χ2n) is 23.4. The van der Waals surface area contributed by atoms with Gasteiger partial charge in [-0.25, -0.2) is 24.2 Å². The molecule has 4 heterocycles. The van der Waals surface area contributed by atoms with E-state index in [4.69, 9.17) is 30.0 Å². The first-order valence-electron chi connectivity index (χ1n) is 31.8. The SMILES string of the molecule is CC[C@@]1(OC(=O)OCCSSCC(CC(=O)[C@H](CC(=O)O)NC(=O)[C@@H](N)CNC(=O)[C@@H](CC(=O)[C@H](Cc2ccccc2)NC(=O)CCNC(=O)CC[C@H](NC(=O)N[C@@H](CCC(=O)O)OC=O)C(=O)O)Cc2ccccc2)C(=O)O)C(=O)OCc2c1cc1n(c2=O)Cc2cc3ccccc3nc2-1. The molecule has 101 heavy (non-hydrogen) atoms. The number of nitrogens with two attached hydrogens (primary N) is 1. The van der Waals surface area contributed by atoms with Gasteiger partial charge in [0.05, 0.1) is 59.9 Å². The number of aliphatic carboxylic acids is 4. The van der Waals surface area contributed by atoms with Gasteiger partial charge in [-0.3, -0.25) is 52.7 Å². The number of nitrogens with one attached hydrogen (secondary N) is 6. The van der Waals surface area contributed by atoms with Crippen molar-refractivity contribution >= 4 is 116 Å². The lowest BCUT2D eigenvalue weighted by molar-refractivity contribution is -0.175. The molecule has 12 N–H and O–H groups in total. The van der Waals surface area contributed by atoms with Gasteiger partial charge < -0.3 is 81.6 Å². The van der Waals surface area contributed by atoms with Crippen molar-refractivity contribution in [1.82, 2.24) is 41.5 Å². The lowest BCUT2D eigenvalue weighted by atomic mass is 9.85. The van der Waals surface area contributed by atoms with Crippen LogP contribution in [0.5, 0.6) is 0 Å². The van der Waals surface area contributed by atoms with Crippen LogP contribution in [0.25, 0.3) is 22.3 Å². The van der Waals surface area contributed by atoms with Crippen molar-refractivity contribution in [3.05, 3.63) is 135 Å². The van der Waals surface area contributed by atoms with Crippen LogP contribution >= 0.6 is 21.6 Å². The minimum absolute atomic E-state index is 0.0311. The van der Waals surface area contributed by atoms with Crippen molar-refractivity contribution in [2.24, 2.45) is 17.6 Å². The fourth-order valence-corrected chi connectivity index (χ4v) is 13.2. The number of esters is 1. The highest BCUT2D eigenvalue weighted by Gasteiger charge is 2.51. The fraction of sp³-hybridized carbons (Fsp3) is 0.403. The Kier molecular flexibility index (Phi) is 28.8. The topological polar surface area (TPSA) is 490 Å². The molecule has 1 unspecified atom stereocenters. The number of ether oxygens (including phenoxy) is 4. The number of rotatable bonds is 41. The van der Waals surface area contributed by atoms with E-state index in [-0.39, 0.29) is 87.5 Å². The van der Waals surface area contributed by atoms with E-state index in [1.165, 1.54) is 4.57 Å². The molecule has 538 valence electrons. The molecular formula is C67H75N9O23S2. The van der Waals surface area contributed by atoms with Crippen molar-refractivity contribution in [3.63, 3.8) is 0 Å². The van der Waals surface area contributed by atoms with E-state index in [1.807, 2.05) is 30.3 Å². The summed E-state index contributed by atoms with van der Waals surface area (Å²) in [4.78, 5) is 198. The molecule has 2 aromatic heterocycles. The van der Waals surface area contributed by atoms with E-state index < -0.39 is 176 Å². The van der Waals surface area contributed by atoms with Crippen LogP contribution in [0.15, 0.2) is 102 Å². The third kappa shape index (κ3) is 22.4. The lowest BCUT2D eigenvalue weighted by Crippen LogP contribution is -2.53. The van der Waals surface area contributed by atoms with Crippen LogP contribution in [0.1, 0.15) is 92.5 Å². The molecular weight excluding hydrogens is 1360 g/mol. The first kappa shape index (κ1) is 77.6. The van der Waals surface area contributed by atoms with E-state index in [2.05, 4.69) is 36.6 Å². The molecule has 0 bridgehead atoms. The molecule has 32 nitrogen and oxygen atoms in total. The Bertz CT molecular complexity index is 3970. The smallest absolute Gasteiger partial charge is 0.481 e. The van der Waals surface area contributed by atoms with Gasteiger partial charge in [0.1, 0.15) is 25.3 Å². The van der Waals surface area contributed by atoms with Crippen LogP contribution in [-0.2, 0) is 108 Å². The predicted molar refractivity (Wildman–Crippen MR) is 359 cm³/mol. The maximum atomic E-state index is 14.3. The van der Waals surface area contributed by atoms with Crippen LogP contribution in [0, 0.1) is 11.8 Å². The summed E-state index contributed by atoms with van der Waals surface area (Å²) in [5.41, 5.74) is 7.62. The quantitative estimate of drug-likeness (QED) is 0.00656. The Hall–Kier alpha value is -10.7. The third-order valence-corrected chi connectivity index (χ3v) is 18.8. The van der Waals surface area contributed by atoms with Crippen LogP contribution in [0.2, 0.25) is 0 Å². The van der Waals surface area contributed by atoms with Crippen molar-refractivity contribution in [2.45, 2.75) is 127 Å². The van der Waals surface area contributed by atoms with Gasteiger partial charge in [-0.1, -0.05) is 107 Å². The van der Waals surface area contributed by atoms with E-state index >= 15 is 0 Å². The lowest BCUT2D eigenvalue weighted by Gasteiger charge is -2.35. The molecule has 5 aromatic rings. The minimum atomic E-state index is -2.05. The maximum absolute atomic E-state index is 14.3. The molecule has 34 heteroatoms. The summed E-state index contributed by atoms with van der Waals surface area (Å²) in [5, 5.41) is 53.4. The van der Waals surface area contributed by atoms with Gasteiger partial charge in [-0.15, -0.1) is 0 Å². The number of pyridine rings is 2. The number of amides is 6. The van der Waals surface area contributed by atoms with Gasteiger partial charge in [0.15, 0.2) is 17.8 Å². The summed E-state index contributed by atoms with van der Waals surface area (Å²) in [6.07, 6.45) is -7.18. The number of hydrogen-bond donors (Lipinski definition) is 11. The number of nitrogens with zero attached hydrogens (tertiary/aromatic N) is 2. The first-order chi connectivity index (χ1) is 48.3. The fourth-order valence-electron chi connectivity index (χ4n) is 11.0. The van der Waals surface area contributed by atoms with Crippen LogP contribution in [-0.4, -0.2) is 175 Å². The van der Waals surface area contributed by atoms with Crippen molar-refractivity contribution in [1.29, 1.82) is 0 Å². The van der Waals surface area contributed by atoms with Gasteiger partial charge in [-0.05, 0) is 55.0 Å². The summed E-state index contributed by atoms with van der Waals surface area (Å²) in [5.74, 6) is -14.3. The van der Waals surface area contributed by atoms with Gasteiger partial charge in [-0.2, -0.15) is 0 Å². The number of ketones is 2. The second-order valence-corrected chi connectivity index (χ2v) is 26.1. The molecule has 7 rings (SSSR count). The Labute approximate surface area is 583 Å². The summed E-state index contributed by atoms with van der Waals surface area (Å²) in [6, 6.07) is 20.6. The zero-order chi connectivity index (χ0) is 73.3. The number of urea groups is 1. The molecule has 0 saturated carbocycles. The predicted octanol–water partition coefficient (Wildman–Crippen LogP) is 2.63. The molecule has 2 aliphatic rings. The number of Topliss-reactive ketones (excluding diaryl/α,β-unsaturated/α-hetero) is 2. The molecule has 0 aliphatic carbocycles.